The van der Waals surface area contributed by atoms with Crippen molar-refractivity contribution in [1.29, 1.82) is 0 Å². The zero-order valence-electron chi connectivity index (χ0n) is 19.8. The zero-order chi connectivity index (χ0) is 24.2. The molecular weight excluding hydrogens is 438 g/mol. The summed E-state index contributed by atoms with van der Waals surface area (Å²) in [6.07, 6.45) is 4.93. The summed E-state index contributed by atoms with van der Waals surface area (Å²) in [7, 11) is 0. The van der Waals surface area contributed by atoms with Crippen molar-refractivity contribution in [3.63, 3.8) is 0 Å². The molecule has 35 heavy (non-hydrogen) atoms. The number of imidazole rings is 1. The van der Waals surface area contributed by atoms with Crippen molar-refractivity contribution < 1.29 is 4.73 Å². The van der Waals surface area contributed by atoms with Crippen LogP contribution < -0.4 is 4.73 Å². The Morgan fingerprint density at radius 2 is 1.86 bits per heavy atom. The standard InChI is InChI=1S/C27H27N7O/c1-3-4-13-26-28-24(25-12-8-9-19(2)34(25)35)18-33(26)17-20-14-15-22(21-10-6-5-7-11-21)23(16-20)27-29-31-32-30-27/h5-12,14-16,18H,3-4,13,17H2,1-2H3,(H,29,30,31,32). The predicted octanol–water partition coefficient (Wildman–Crippen LogP) is 4.73. The first-order valence-corrected chi connectivity index (χ1v) is 11.8. The van der Waals surface area contributed by atoms with Gasteiger partial charge in [-0.2, -0.15) is 9.94 Å². The predicted molar refractivity (Wildman–Crippen MR) is 134 cm³/mol. The van der Waals surface area contributed by atoms with Gasteiger partial charge in [-0.05, 0) is 40.5 Å². The van der Waals surface area contributed by atoms with Crippen LogP contribution in [0.3, 0.4) is 0 Å². The van der Waals surface area contributed by atoms with Crippen molar-refractivity contribution in [2.45, 2.75) is 39.7 Å². The highest BCUT2D eigenvalue weighted by Gasteiger charge is 2.18. The summed E-state index contributed by atoms with van der Waals surface area (Å²) in [5, 5.41) is 27.5. The van der Waals surface area contributed by atoms with Gasteiger partial charge in [-0.15, -0.1) is 10.2 Å². The van der Waals surface area contributed by atoms with Crippen molar-refractivity contribution in [2.75, 3.05) is 0 Å². The van der Waals surface area contributed by atoms with Crippen LogP contribution in [0, 0.1) is 12.1 Å². The summed E-state index contributed by atoms with van der Waals surface area (Å²) in [5.74, 6) is 1.52. The molecule has 0 amide bonds. The summed E-state index contributed by atoms with van der Waals surface area (Å²) < 4.78 is 3.09. The van der Waals surface area contributed by atoms with Crippen LogP contribution in [0.25, 0.3) is 33.9 Å². The smallest absolute Gasteiger partial charge is 0.244 e. The molecule has 5 rings (SSSR count). The Kier molecular flexibility index (Phi) is 6.34. The van der Waals surface area contributed by atoms with Crippen molar-refractivity contribution in [3.05, 3.63) is 95.2 Å². The summed E-state index contributed by atoms with van der Waals surface area (Å²) in [6, 6.07) is 22.0. The number of benzene rings is 2. The van der Waals surface area contributed by atoms with Crippen LogP contribution >= 0.6 is 0 Å². The Hall–Kier alpha value is -4.33. The van der Waals surface area contributed by atoms with Gasteiger partial charge < -0.3 is 9.77 Å². The second kappa shape index (κ2) is 9.89. The number of H-pyrrole nitrogens is 1. The molecule has 0 fully saturated rings. The van der Waals surface area contributed by atoms with Crippen molar-refractivity contribution in [2.24, 2.45) is 0 Å². The summed E-state index contributed by atoms with van der Waals surface area (Å²) in [5.41, 5.74) is 6.03. The van der Waals surface area contributed by atoms with E-state index in [0.29, 0.717) is 29.5 Å². The Morgan fingerprint density at radius 3 is 2.63 bits per heavy atom. The van der Waals surface area contributed by atoms with Gasteiger partial charge in [0.15, 0.2) is 11.4 Å². The van der Waals surface area contributed by atoms with Crippen LogP contribution in [0.4, 0.5) is 0 Å². The van der Waals surface area contributed by atoms with Gasteiger partial charge in [-0.25, -0.2) is 4.98 Å². The summed E-state index contributed by atoms with van der Waals surface area (Å²) in [4.78, 5) is 4.86. The molecule has 0 radical (unpaired) electrons. The molecule has 0 saturated carbocycles. The number of aryl methyl sites for hydroxylation is 2. The highest BCUT2D eigenvalue weighted by Crippen LogP contribution is 2.31. The lowest BCUT2D eigenvalue weighted by Crippen LogP contribution is -2.32. The van der Waals surface area contributed by atoms with E-state index in [9.17, 15) is 5.21 Å². The largest absolute Gasteiger partial charge is 0.618 e. The van der Waals surface area contributed by atoms with Gasteiger partial charge in [0.2, 0.25) is 11.5 Å². The van der Waals surface area contributed by atoms with Gasteiger partial charge in [0.05, 0.1) is 0 Å². The Balaban J connectivity index is 1.54. The maximum atomic E-state index is 12.7. The van der Waals surface area contributed by atoms with E-state index in [4.69, 9.17) is 4.98 Å². The fourth-order valence-electron chi connectivity index (χ4n) is 4.26. The van der Waals surface area contributed by atoms with Gasteiger partial charge in [0.1, 0.15) is 5.82 Å². The first-order chi connectivity index (χ1) is 17.1. The number of hydrogen-bond acceptors (Lipinski definition) is 5. The van der Waals surface area contributed by atoms with Crippen LogP contribution in [0.5, 0.6) is 0 Å². The quantitative estimate of drug-likeness (QED) is 0.264. The van der Waals surface area contributed by atoms with E-state index in [1.54, 1.807) is 13.0 Å². The van der Waals surface area contributed by atoms with Crippen LogP contribution in [0.2, 0.25) is 0 Å². The molecule has 2 aromatic carbocycles. The Bertz CT molecular complexity index is 1430. The molecule has 1 N–H and O–H groups in total. The highest BCUT2D eigenvalue weighted by molar-refractivity contribution is 5.80. The number of nitrogens with zero attached hydrogens (tertiary/aromatic N) is 6. The van der Waals surface area contributed by atoms with Crippen molar-refractivity contribution >= 4 is 0 Å². The van der Waals surface area contributed by atoms with E-state index in [1.807, 2.05) is 36.5 Å². The summed E-state index contributed by atoms with van der Waals surface area (Å²) in [6.45, 7) is 4.59. The SMILES string of the molecule is CCCCc1nc(-c2cccc(C)[n+]2[O-])cn1Cc1ccc(-c2ccccc2)c(-c2nn[nH]n2)c1. The molecule has 8 nitrogen and oxygen atoms in total. The molecule has 0 bridgehead atoms. The minimum Gasteiger partial charge on any atom is -0.618 e. The minimum atomic E-state index is 0.551. The maximum Gasteiger partial charge on any atom is 0.244 e. The molecule has 0 unspecified atom stereocenters. The molecule has 0 aliphatic carbocycles. The van der Waals surface area contributed by atoms with Gasteiger partial charge in [-0.3, -0.25) is 0 Å². The summed E-state index contributed by atoms with van der Waals surface area (Å²) >= 11 is 0. The van der Waals surface area contributed by atoms with Crippen LogP contribution in [0.1, 0.15) is 36.8 Å². The van der Waals surface area contributed by atoms with Crippen molar-refractivity contribution in [3.8, 4) is 33.9 Å². The fraction of sp³-hybridized carbons (Fsp3) is 0.222. The number of tetrazole rings is 1. The average Bonchev–Trinajstić information content (AvgIpc) is 3.55. The van der Waals surface area contributed by atoms with Gasteiger partial charge >= 0.3 is 0 Å². The molecule has 3 heterocycles. The normalized spacial score (nSPS) is 11.1. The number of nitrogens with one attached hydrogen (secondary N) is 1. The molecule has 5 aromatic rings. The fourth-order valence-corrected chi connectivity index (χ4v) is 4.26. The minimum absolute atomic E-state index is 0.551. The first-order valence-electron chi connectivity index (χ1n) is 11.8. The van der Waals surface area contributed by atoms with E-state index in [-0.39, 0.29) is 0 Å². The van der Waals surface area contributed by atoms with Crippen molar-refractivity contribution in [1.82, 2.24) is 30.2 Å². The molecule has 0 saturated heterocycles. The van der Waals surface area contributed by atoms with Crippen LogP contribution in [0.15, 0.2) is 72.9 Å². The molecule has 0 atom stereocenters. The third kappa shape index (κ3) is 4.68. The van der Waals surface area contributed by atoms with E-state index >= 15 is 0 Å². The van der Waals surface area contributed by atoms with Crippen LogP contribution in [-0.4, -0.2) is 30.2 Å². The third-order valence-electron chi connectivity index (χ3n) is 6.11. The number of pyridine rings is 1. The Labute approximate surface area is 203 Å². The number of hydrogen-bond donors (Lipinski definition) is 1. The highest BCUT2D eigenvalue weighted by atomic mass is 16.5. The lowest BCUT2D eigenvalue weighted by Gasteiger charge is -2.12. The Morgan fingerprint density at radius 1 is 1.00 bits per heavy atom. The number of unbranched alkanes of at least 4 members (excludes halogenated alkanes) is 1. The molecule has 3 aromatic heterocycles. The molecule has 0 spiro atoms. The topological polar surface area (TPSA) is 99.2 Å². The second-order valence-corrected chi connectivity index (χ2v) is 8.60. The lowest BCUT2D eigenvalue weighted by atomic mass is 9.97. The van der Waals surface area contributed by atoms with E-state index < -0.39 is 0 Å². The molecule has 8 heteroatoms. The average molecular weight is 466 g/mol. The van der Waals surface area contributed by atoms with E-state index in [2.05, 4.69) is 62.4 Å². The number of aromatic amines is 1. The monoisotopic (exact) mass is 465 g/mol. The molecule has 176 valence electrons. The molecule has 0 aliphatic rings. The third-order valence-corrected chi connectivity index (χ3v) is 6.11. The van der Waals surface area contributed by atoms with Gasteiger partial charge in [0, 0.05) is 43.8 Å². The van der Waals surface area contributed by atoms with E-state index in [0.717, 1.165) is 52.1 Å². The first kappa shape index (κ1) is 22.5. The molecular formula is C27H27N7O. The maximum absolute atomic E-state index is 12.7. The number of aromatic nitrogens is 7. The van der Waals surface area contributed by atoms with E-state index in [1.165, 1.54) is 0 Å². The van der Waals surface area contributed by atoms with Gasteiger partial charge in [-0.1, -0.05) is 55.8 Å². The van der Waals surface area contributed by atoms with Gasteiger partial charge in [0.25, 0.3) is 0 Å². The number of rotatable bonds is 8. The zero-order valence-corrected chi connectivity index (χ0v) is 19.8. The van der Waals surface area contributed by atoms with Crippen LogP contribution in [-0.2, 0) is 13.0 Å². The molecule has 0 aliphatic heterocycles. The lowest BCUT2D eigenvalue weighted by molar-refractivity contribution is -0.600. The second-order valence-electron chi connectivity index (χ2n) is 8.60.